The molecule has 0 saturated heterocycles. The van der Waals surface area contributed by atoms with Crippen molar-refractivity contribution in [2.75, 3.05) is 4.90 Å². The van der Waals surface area contributed by atoms with Crippen molar-refractivity contribution in [1.29, 1.82) is 0 Å². The Bertz CT molecular complexity index is 2780. The van der Waals surface area contributed by atoms with Gasteiger partial charge in [-0.2, -0.15) is 0 Å². The van der Waals surface area contributed by atoms with Crippen LogP contribution in [0.2, 0.25) is 0 Å². The fraction of sp³-hybridized carbons (Fsp3) is 0. The number of hydrogen-bond acceptors (Lipinski definition) is 5. The molecule has 3 heterocycles. The average Bonchev–Trinajstić information content (AvgIpc) is 3.86. The second-order valence-electron chi connectivity index (χ2n) is 11.9. The summed E-state index contributed by atoms with van der Waals surface area (Å²) in [5, 5.41) is 5.82. The van der Waals surface area contributed by atoms with Crippen LogP contribution in [0.15, 0.2) is 162 Å². The quantitative estimate of drug-likeness (QED) is 0.186. The van der Waals surface area contributed by atoms with E-state index in [1.54, 1.807) is 11.3 Å². The zero-order chi connectivity index (χ0) is 31.6. The van der Waals surface area contributed by atoms with Crippen LogP contribution in [0.4, 0.5) is 17.1 Å². The summed E-state index contributed by atoms with van der Waals surface area (Å²) in [4.78, 5) is 7.50. The van der Waals surface area contributed by atoms with Gasteiger partial charge in [0.1, 0.15) is 10.6 Å². The molecule has 0 unspecified atom stereocenters. The highest BCUT2D eigenvalue weighted by Gasteiger charge is 2.24. The predicted octanol–water partition coefficient (Wildman–Crippen LogP) is 13.4. The van der Waals surface area contributed by atoms with Crippen LogP contribution in [0.1, 0.15) is 0 Å². The Kier molecular flexibility index (Phi) is 6.22. The molecule has 0 atom stereocenters. The molecule has 0 amide bonds. The summed E-state index contributed by atoms with van der Waals surface area (Å²) < 4.78 is 10.5. The van der Waals surface area contributed by atoms with Gasteiger partial charge in [-0.1, -0.05) is 115 Å². The molecule has 48 heavy (non-hydrogen) atoms. The van der Waals surface area contributed by atoms with Crippen molar-refractivity contribution in [3.05, 3.63) is 158 Å². The van der Waals surface area contributed by atoms with Crippen molar-refractivity contribution in [2.45, 2.75) is 0 Å². The fourth-order valence-electron chi connectivity index (χ4n) is 6.89. The first-order chi connectivity index (χ1) is 23.8. The number of nitrogens with zero attached hydrogens (tertiary/aromatic N) is 2. The number of rotatable bonds is 5. The van der Waals surface area contributed by atoms with E-state index in [0.29, 0.717) is 0 Å². The van der Waals surface area contributed by atoms with Crippen LogP contribution in [0.3, 0.4) is 0 Å². The molecule has 0 fully saturated rings. The highest BCUT2D eigenvalue weighted by Crippen LogP contribution is 2.48. The van der Waals surface area contributed by atoms with Gasteiger partial charge in [0.05, 0.1) is 15.9 Å². The van der Waals surface area contributed by atoms with Crippen LogP contribution < -0.4 is 4.90 Å². The molecule has 0 spiro atoms. The van der Waals surface area contributed by atoms with Crippen molar-refractivity contribution >= 4 is 92.1 Å². The predicted molar refractivity (Wildman–Crippen MR) is 205 cm³/mol. The first-order valence-electron chi connectivity index (χ1n) is 16.0. The lowest BCUT2D eigenvalue weighted by atomic mass is 10.0. The maximum atomic E-state index is 6.74. The Balaban J connectivity index is 1.19. The van der Waals surface area contributed by atoms with E-state index in [2.05, 4.69) is 150 Å². The van der Waals surface area contributed by atoms with Crippen molar-refractivity contribution < 1.29 is 4.42 Å². The maximum Gasteiger partial charge on any atom is 0.160 e. The summed E-state index contributed by atoms with van der Waals surface area (Å²) >= 11 is 3.59. The Morgan fingerprint density at radius 1 is 0.521 bits per heavy atom. The number of benzene rings is 7. The van der Waals surface area contributed by atoms with Crippen molar-refractivity contribution in [3.8, 4) is 21.7 Å². The summed E-state index contributed by atoms with van der Waals surface area (Å²) in [7, 11) is 0. The lowest BCUT2D eigenvalue weighted by Crippen LogP contribution is -2.10. The minimum absolute atomic E-state index is 0.856. The lowest BCUT2D eigenvalue weighted by Gasteiger charge is -2.25. The summed E-state index contributed by atoms with van der Waals surface area (Å²) in [5.41, 5.74) is 9.32. The van der Waals surface area contributed by atoms with Crippen molar-refractivity contribution in [2.24, 2.45) is 0 Å². The van der Waals surface area contributed by atoms with Gasteiger partial charge in [-0.15, -0.1) is 22.7 Å². The van der Waals surface area contributed by atoms with E-state index < -0.39 is 0 Å². The number of para-hydroxylation sites is 2. The second-order valence-corrected chi connectivity index (χ2v) is 14.0. The molecule has 0 bridgehead atoms. The SMILES string of the molecule is c1ccc(-c2nc3cc(N(c4ccccc4)c4ccc(-c5cccc6c5sc5ccccc56)cc4)c4oc5ccccc5c4c3s2)cc1. The smallest absolute Gasteiger partial charge is 0.160 e. The van der Waals surface area contributed by atoms with Gasteiger partial charge < -0.3 is 9.32 Å². The van der Waals surface area contributed by atoms with Gasteiger partial charge in [-0.3, -0.25) is 0 Å². The van der Waals surface area contributed by atoms with Gasteiger partial charge in [-0.25, -0.2) is 4.98 Å². The fourth-order valence-corrected chi connectivity index (χ4v) is 9.24. The molecule has 0 aliphatic carbocycles. The van der Waals surface area contributed by atoms with Crippen LogP contribution in [0.25, 0.3) is 74.0 Å². The standard InChI is InChI=1S/C43H26N2OS2/c1-3-12-28(13-4-1)43-44-35-26-36(40-39(42(35)48-43)34-17-7-9-20-37(34)46-40)45(29-14-5-2-6-15-29)30-24-22-27(23-25-30)31-18-11-19-33-32-16-8-10-21-38(32)47-41(31)33/h1-26H. The van der Waals surface area contributed by atoms with Crippen LogP contribution >= 0.6 is 22.7 Å². The topological polar surface area (TPSA) is 29.3 Å². The van der Waals surface area contributed by atoms with E-state index in [9.17, 15) is 0 Å². The molecule has 3 aromatic heterocycles. The monoisotopic (exact) mass is 650 g/mol. The molecule has 0 N–H and O–H groups in total. The largest absolute Gasteiger partial charge is 0.454 e. The van der Waals surface area contributed by atoms with Crippen LogP contribution in [0.5, 0.6) is 0 Å². The van der Waals surface area contributed by atoms with Gasteiger partial charge in [0.25, 0.3) is 0 Å². The molecule has 3 nitrogen and oxygen atoms in total. The van der Waals surface area contributed by atoms with E-state index in [0.717, 1.165) is 59.8 Å². The lowest BCUT2D eigenvalue weighted by molar-refractivity contribution is 0.669. The Labute approximate surface area is 284 Å². The summed E-state index contributed by atoms with van der Waals surface area (Å²) in [5.74, 6) is 0. The molecule has 10 aromatic rings. The minimum atomic E-state index is 0.856. The van der Waals surface area contributed by atoms with Gasteiger partial charge in [0.15, 0.2) is 5.58 Å². The number of hydrogen-bond donors (Lipinski definition) is 0. The third-order valence-electron chi connectivity index (χ3n) is 9.10. The number of anilines is 3. The van der Waals surface area contributed by atoms with Crippen LogP contribution in [-0.2, 0) is 0 Å². The molecular weight excluding hydrogens is 625 g/mol. The number of fused-ring (bicyclic) bond motifs is 8. The van der Waals surface area contributed by atoms with Crippen molar-refractivity contribution in [3.63, 3.8) is 0 Å². The molecule has 0 aliphatic heterocycles. The summed E-state index contributed by atoms with van der Waals surface area (Å²) in [6.07, 6.45) is 0. The van der Waals surface area contributed by atoms with Crippen LogP contribution in [0, 0.1) is 0 Å². The molecule has 7 aromatic carbocycles. The van der Waals surface area contributed by atoms with E-state index in [4.69, 9.17) is 9.40 Å². The number of furan rings is 1. The highest BCUT2D eigenvalue weighted by atomic mass is 32.1. The Morgan fingerprint density at radius 2 is 1.21 bits per heavy atom. The van der Waals surface area contributed by atoms with E-state index >= 15 is 0 Å². The number of aromatic nitrogens is 1. The van der Waals surface area contributed by atoms with Crippen molar-refractivity contribution in [1.82, 2.24) is 4.98 Å². The first kappa shape index (κ1) is 27.4. The molecule has 0 aliphatic rings. The van der Waals surface area contributed by atoms with Gasteiger partial charge in [0, 0.05) is 47.9 Å². The minimum Gasteiger partial charge on any atom is -0.454 e. The summed E-state index contributed by atoms with van der Waals surface area (Å²) in [6.45, 7) is 0. The van der Waals surface area contributed by atoms with Gasteiger partial charge >= 0.3 is 0 Å². The van der Waals surface area contributed by atoms with Gasteiger partial charge in [-0.05, 0) is 53.6 Å². The third kappa shape index (κ3) is 4.29. The Hall–Kier alpha value is -5.75. The normalized spacial score (nSPS) is 11.8. The molecular formula is C43H26N2OS2. The number of thiazole rings is 1. The molecule has 5 heteroatoms. The zero-order valence-electron chi connectivity index (χ0n) is 25.6. The molecule has 10 rings (SSSR count). The molecule has 0 radical (unpaired) electrons. The number of thiophene rings is 1. The maximum absolute atomic E-state index is 6.74. The zero-order valence-corrected chi connectivity index (χ0v) is 27.3. The van der Waals surface area contributed by atoms with E-state index in [1.165, 1.54) is 31.3 Å². The van der Waals surface area contributed by atoms with E-state index in [-0.39, 0.29) is 0 Å². The third-order valence-corrected chi connectivity index (χ3v) is 11.5. The first-order valence-corrected chi connectivity index (χ1v) is 17.6. The highest BCUT2D eigenvalue weighted by molar-refractivity contribution is 7.26. The van der Waals surface area contributed by atoms with Crippen LogP contribution in [-0.4, -0.2) is 4.98 Å². The van der Waals surface area contributed by atoms with Gasteiger partial charge in [0.2, 0.25) is 0 Å². The second kappa shape index (κ2) is 10.9. The average molecular weight is 651 g/mol. The summed E-state index contributed by atoms with van der Waals surface area (Å²) in [6, 6.07) is 55.8. The molecule has 0 saturated carbocycles. The van der Waals surface area contributed by atoms with E-state index in [1.807, 2.05) is 23.5 Å². The Morgan fingerprint density at radius 3 is 2.04 bits per heavy atom. The molecule has 226 valence electrons.